The average molecular weight is 520 g/mol. The van der Waals surface area contributed by atoms with Crippen LogP contribution in [0.25, 0.3) is 5.95 Å². The molecule has 1 amide bonds. The molecule has 12 heteroatoms. The summed E-state index contributed by atoms with van der Waals surface area (Å²) in [7, 11) is 0. The summed E-state index contributed by atoms with van der Waals surface area (Å²) in [6, 6.07) is 4.44. The Morgan fingerprint density at radius 3 is 2.52 bits per heavy atom. The maximum absolute atomic E-state index is 13.4. The molecule has 0 radical (unpaired) electrons. The second kappa shape index (κ2) is 8.22. The molecule has 3 aromatic rings. The van der Waals surface area contributed by atoms with Crippen LogP contribution in [0.3, 0.4) is 0 Å². The summed E-state index contributed by atoms with van der Waals surface area (Å²) in [5, 5.41) is 16.4. The molecule has 33 heavy (non-hydrogen) atoms. The van der Waals surface area contributed by atoms with Crippen LogP contribution in [-0.4, -0.2) is 30.6 Å². The van der Waals surface area contributed by atoms with E-state index in [1.54, 1.807) is 26.2 Å². The van der Waals surface area contributed by atoms with Crippen molar-refractivity contribution in [3.05, 3.63) is 63.4 Å². The van der Waals surface area contributed by atoms with E-state index in [-0.39, 0.29) is 22.9 Å². The van der Waals surface area contributed by atoms with Gasteiger partial charge in [0.2, 0.25) is 0 Å². The van der Waals surface area contributed by atoms with Gasteiger partial charge in [-0.3, -0.25) is 4.79 Å². The highest BCUT2D eigenvalue weighted by Gasteiger charge is 2.46. The van der Waals surface area contributed by atoms with Gasteiger partial charge in [-0.15, -0.1) is 5.10 Å². The molecular formula is C21H17BrF3N7O. The van der Waals surface area contributed by atoms with Crippen molar-refractivity contribution in [1.29, 1.82) is 5.26 Å². The molecule has 8 nitrogen and oxygen atoms in total. The first-order valence-electron chi connectivity index (χ1n) is 9.89. The molecule has 1 fully saturated rings. The first kappa shape index (κ1) is 22.8. The summed E-state index contributed by atoms with van der Waals surface area (Å²) in [6.45, 7) is 3.30. The lowest BCUT2D eigenvalue weighted by atomic mass is 9.93. The van der Waals surface area contributed by atoms with Gasteiger partial charge in [0, 0.05) is 18.0 Å². The quantitative estimate of drug-likeness (QED) is 0.541. The molecule has 1 aliphatic carbocycles. The maximum atomic E-state index is 13.4. The van der Waals surface area contributed by atoms with Crippen LogP contribution in [0.5, 0.6) is 0 Å². The van der Waals surface area contributed by atoms with Gasteiger partial charge < -0.3 is 5.32 Å². The fourth-order valence-corrected chi connectivity index (χ4v) is 3.54. The zero-order valence-corrected chi connectivity index (χ0v) is 19.1. The van der Waals surface area contributed by atoms with Crippen LogP contribution in [0.15, 0.2) is 35.1 Å². The highest BCUT2D eigenvalue weighted by atomic mass is 79.9. The molecule has 1 saturated carbocycles. The van der Waals surface area contributed by atoms with Gasteiger partial charge in [-0.25, -0.2) is 15.0 Å². The lowest BCUT2D eigenvalue weighted by molar-refractivity contribution is -0.137. The fraction of sp³-hybridized carbons (Fsp3) is 0.333. The molecule has 2 aromatic heterocycles. The van der Waals surface area contributed by atoms with Gasteiger partial charge in [-0.1, -0.05) is 0 Å². The number of nitriles is 1. The average Bonchev–Trinajstić information content (AvgIpc) is 3.48. The Hall–Kier alpha value is -3.33. The third-order valence-corrected chi connectivity index (χ3v) is 5.77. The van der Waals surface area contributed by atoms with Crippen molar-refractivity contribution in [3.8, 4) is 12.0 Å². The monoisotopic (exact) mass is 519 g/mol. The van der Waals surface area contributed by atoms with E-state index in [4.69, 9.17) is 0 Å². The molecule has 0 saturated heterocycles. The van der Waals surface area contributed by atoms with Crippen molar-refractivity contribution >= 4 is 21.8 Å². The number of carbonyl (C=O) groups is 1. The van der Waals surface area contributed by atoms with E-state index in [1.165, 1.54) is 10.7 Å². The molecule has 4 rings (SSSR count). The normalized spacial score (nSPS) is 15.5. The molecule has 0 spiro atoms. The van der Waals surface area contributed by atoms with Crippen LogP contribution in [0.4, 0.5) is 13.2 Å². The Morgan fingerprint density at radius 2 is 1.94 bits per heavy atom. The minimum atomic E-state index is -4.65. The number of benzene rings is 1. The van der Waals surface area contributed by atoms with E-state index in [0.29, 0.717) is 23.1 Å². The van der Waals surface area contributed by atoms with Gasteiger partial charge in [-0.05, 0) is 66.4 Å². The largest absolute Gasteiger partial charge is 0.416 e. The number of hydrogen-bond donors (Lipinski definition) is 1. The second-order valence-corrected chi connectivity index (χ2v) is 8.73. The lowest BCUT2D eigenvalue weighted by Gasteiger charge is -2.16. The van der Waals surface area contributed by atoms with Crippen LogP contribution in [0.2, 0.25) is 0 Å². The number of amides is 1. The molecule has 2 heterocycles. The van der Waals surface area contributed by atoms with E-state index in [9.17, 15) is 23.2 Å². The van der Waals surface area contributed by atoms with E-state index < -0.39 is 29.1 Å². The van der Waals surface area contributed by atoms with Crippen LogP contribution in [-0.2, 0) is 11.6 Å². The predicted octanol–water partition coefficient (Wildman–Crippen LogP) is 4.19. The van der Waals surface area contributed by atoms with Gasteiger partial charge in [-0.2, -0.15) is 23.1 Å². The molecule has 1 aliphatic rings. The SMILES string of the molecule is Cc1nc(C(C)NC(=O)c2cc(C(F)(F)F)cc(C3(C#N)CC3)c2)nn1-c1ncc(Br)cn1. The van der Waals surface area contributed by atoms with E-state index in [0.717, 1.165) is 12.1 Å². The van der Waals surface area contributed by atoms with E-state index >= 15 is 0 Å². The Bertz CT molecular complexity index is 1260. The first-order chi connectivity index (χ1) is 15.5. The van der Waals surface area contributed by atoms with Gasteiger partial charge >= 0.3 is 6.18 Å². The molecule has 1 aromatic carbocycles. The van der Waals surface area contributed by atoms with Crippen LogP contribution in [0, 0.1) is 18.3 Å². The zero-order valence-electron chi connectivity index (χ0n) is 17.5. The standard InChI is InChI=1S/C21H17BrF3N7O/c1-11(17-30-12(2)32(31-17)19-27-8-16(22)9-28-19)29-18(33)13-5-14(20(10-26)3-4-20)7-15(6-13)21(23,24)25/h5-9,11H,3-4H2,1-2H3,(H,29,33). The number of hydrogen-bond acceptors (Lipinski definition) is 6. The number of carbonyl (C=O) groups excluding carboxylic acids is 1. The molecule has 0 aliphatic heterocycles. The molecule has 1 N–H and O–H groups in total. The predicted molar refractivity (Wildman–Crippen MR) is 113 cm³/mol. The number of nitrogens with zero attached hydrogens (tertiary/aromatic N) is 6. The third kappa shape index (κ3) is 4.59. The Kier molecular flexibility index (Phi) is 5.69. The number of rotatable bonds is 5. The highest BCUT2D eigenvalue weighted by molar-refractivity contribution is 9.10. The molecule has 1 atom stereocenters. The highest BCUT2D eigenvalue weighted by Crippen LogP contribution is 2.48. The molecule has 0 bridgehead atoms. The Morgan fingerprint density at radius 1 is 1.27 bits per heavy atom. The topological polar surface area (TPSA) is 109 Å². The van der Waals surface area contributed by atoms with Crippen LogP contribution in [0.1, 0.15) is 58.9 Å². The van der Waals surface area contributed by atoms with Crippen molar-refractivity contribution in [2.75, 3.05) is 0 Å². The summed E-state index contributed by atoms with van der Waals surface area (Å²) < 4.78 is 42.4. The lowest BCUT2D eigenvalue weighted by Crippen LogP contribution is -2.28. The van der Waals surface area contributed by atoms with Gasteiger partial charge in [0.25, 0.3) is 11.9 Å². The minimum absolute atomic E-state index is 0.180. The summed E-state index contributed by atoms with van der Waals surface area (Å²) in [4.78, 5) is 25.5. The van der Waals surface area contributed by atoms with Crippen molar-refractivity contribution in [2.24, 2.45) is 0 Å². The summed E-state index contributed by atoms with van der Waals surface area (Å²) in [5.41, 5.74) is -1.92. The zero-order chi connectivity index (χ0) is 24.0. The Balaban J connectivity index is 1.60. The second-order valence-electron chi connectivity index (χ2n) is 7.82. The number of halogens is 4. The summed E-state index contributed by atoms with van der Waals surface area (Å²) in [5.74, 6) is 0.272. The summed E-state index contributed by atoms with van der Waals surface area (Å²) in [6.07, 6.45) is -0.632. The minimum Gasteiger partial charge on any atom is -0.342 e. The van der Waals surface area contributed by atoms with Crippen molar-refractivity contribution in [1.82, 2.24) is 30.0 Å². The van der Waals surface area contributed by atoms with Gasteiger partial charge in [0.05, 0.1) is 27.6 Å². The number of nitrogens with one attached hydrogen (secondary N) is 1. The van der Waals surface area contributed by atoms with Crippen molar-refractivity contribution in [3.63, 3.8) is 0 Å². The molecule has 1 unspecified atom stereocenters. The third-order valence-electron chi connectivity index (χ3n) is 5.36. The fourth-order valence-electron chi connectivity index (χ4n) is 3.33. The van der Waals surface area contributed by atoms with Gasteiger partial charge in [0.15, 0.2) is 5.82 Å². The van der Waals surface area contributed by atoms with Crippen LogP contribution >= 0.6 is 15.9 Å². The number of alkyl halides is 3. The Labute approximate surface area is 195 Å². The first-order valence-corrected chi connectivity index (χ1v) is 10.7. The molecular weight excluding hydrogens is 503 g/mol. The van der Waals surface area contributed by atoms with Crippen LogP contribution < -0.4 is 5.32 Å². The molecule has 170 valence electrons. The van der Waals surface area contributed by atoms with E-state index in [1.807, 2.05) is 0 Å². The number of aromatic nitrogens is 5. The van der Waals surface area contributed by atoms with Crippen molar-refractivity contribution in [2.45, 2.75) is 44.3 Å². The van der Waals surface area contributed by atoms with E-state index in [2.05, 4.69) is 47.4 Å². The van der Waals surface area contributed by atoms with Gasteiger partial charge in [0.1, 0.15) is 5.82 Å². The number of aryl methyl sites for hydroxylation is 1. The van der Waals surface area contributed by atoms with Crippen molar-refractivity contribution < 1.29 is 18.0 Å². The maximum Gasteiger partial charge on any atom is 0.416 e. The summed E-state index contributed by atoms with van der Waals surface area (Å²) >= 11 is 3.25. The smallest absolute Gasteiger partial charge is 0.342 e.